The van der Waals surface area contributed by atoms with Crippen LogP contribution in [0, 0.1) is 11.8 Å². The van der Waals surface area contributed by atoms with Gasteiger partial charge in [0.25, 0.3) is 0 Å². The molecule has 6 unspecified atom stereocenters. The van der Waals surface area contributed by atoms with Gasteiger partial charge in [-0.1, -0.05) is 0 Å². The van der Waals surface area contributed by atoms with Crippen LogP contribution in [-0.2, 0) is 4.74 Å². The topological polar surface area (TPSA) is 123 Å². The minimum atomic E-state index is -1.57. The molecule has 0 amide bonds. The summed E-state index contributed by atoms with van der Waals surface area (Å²) in [5.74, 6) is 0.0613. The molecule has 0 bridgehead atoms. The van der Waals surface area contributed by atoms with Crippen LogP contribution in [0.15, 0.2) is 0 Å². The highest BCUT2D eigenvalue weighted by Crippen LogP contribution is 2.42. The Morgan fingerprint density at radius 2 is 1.96 bits per heavy atom. The monoisotopic (exact) mass is 438 g/mol. The lowest BCUT2D eigenvalue weighted by Crippen LogP contribution is -2.64. The van der Waals surface area contributed by atoms with Crippen molar-refractivity contribution < 1.29 is 20.1 Å². The summed E-state index contributed by atoms with van der Waals surface area (Å²) in [7, 11) is 0. The first-order chi connectivity index (χ1) is 13.2. The Bertz CT molecular complexity index is 574. The molecule has 1 saturated carbocycles. The van der Waals surface area contributed by atoms with Crippen LogP contribution < -0.4 is 16.4 Å². The number of ether oxygens (including phenoxy) is 1. The molecular weight excluding hydrogens is 407 g/mol. The molecule has 8 nitrogen and oxygen atoms in total. The highest BCUT2D eigenvalue weighted by atomic mass is 35.5. The van der Waals surface area contributed by atoms with E-state index in [9.17, 15) is 15.3 Å². The Morgan fingerprint density at radius 3 is 2.68 bits per heavy atom. The first kappa shape index (κ1) is 21.5. The van der Waals surface area contributed by atoms with Crippen LogP contribution in [0.25, 0.3) is 0 Å². The van der Waals surface area contributed by atoms with Gasteiger partial charge in [0, 0.05) is 24.5 Å². The summed E-state index contributed by atoms with van der Waals surface area (Å²) in [4.78, 5) is 2.03. The third-order valence-electron chi connectivity index (χ3n) is 7.18. The van der Waals surface area contributed by atoms with E-state index in [-0.39, 0.29) is 34.9 Å². The molecule has 10 heteroatoms. The summed E-state index contributed by atoms with van der Waals surface area (Å²) in [6.45, 7) is 2.80. The van der Waals surface area contributed by atoms with E-state index >= 15 is 0 Å². The van der Waals surface area contributed by atoms with E-state index < -0.39 is 30.1 Å². The van der Waals surface area contributed by atoms with Crippen LogP contribution in [0.4, 0.5) is 0 Å². The predicted molar refractivity (Wildman–Crippen MR) is 106 cm³/mol. The van der Waals surface area contributed by atoms with Gasteiger partial charge < -0.3 is 25.8 Å². The number of aliphatic hydroxyl groups is 3. The van der Waals surface area contributed by atoms with Gasteiger partial charge in [0.2, 0.25) is 0 Å². The molecule has 11 atom stereocenters. The van der Waals surface area contributed by atoms with E-state index in [1.54, 1.807) is 0 Å². The summed E-state index contributed by atoms with van der Waals surface area (Å²) in [5, 5.41) is 39.2. The van der Waals surface area contributed by atoms with Gasteiger partial charge in [0.05, 0.1) is 23.8 Å². The zero-order valence-corrected chi connectivity index (χ0v) is 17.6. The maximum absolute atomic E-state index is 11.0. The molecule has 7 N–H and O–H groups in total. The maximum Gasteiger partial charge on any atom is 0.141 e. The van der Waals surface area contributed by atoms with Crippen molar-refractivity contribution in [3.63, 3.8) is 0 Å². The number of aliphatic hydroxyl groups excluding tert-OH is 2. The number of nitrogens with zero attached hydrogens (tertiary/aromatic N) is 1. The first-order valence-electron chi connectivity index (χ1n) is 10.2. The fraction of sp³-hybridized carbons (Fsp3) is 1.00. The fourth-order valence-electron chi connectivity index (χ4n) is 5.38. The van der Waals surface area contributed by atoms with Crippen molar-refractivity contribution in [3.8, 4) is 0 Å². The Kier molecular flexibility index (Phi) is 6.19. The number of rotatable bonds is 3. The van der Waals surface area contributed by atoms with Crippen molar-refractivity contribution in [2.45, 2.75) is 85.8 Å². The molecule has 0 aromatic rings. The van der Waals surface area contributed by atoms with Crippen LogP contribution in [0.2, 0.25) is 0 Å². The van der Waals surface area contributed by atoms with Gasteiger partial charge in [-0.3, -0.25) is 15.5 Å². The van der Waals surface area contributed by atoms with E-state index in [0.29, 0.717) is 32.5 Å². The van der Waals surface area contributed by atoms with Gasteiger partial charge in [0.1, 0.15) is 24.0 Å². The van der Waals surface area contributed by atoms with Crippen LogP contribution in [0.5, 0.6) is 0 Å². The normalized spacial score (nSPS) is 53.9. The summed E-state index contributed by atoms with van der Waals surface area (Å²) < 4.78 is 6.13. The van der Waals surface area contributed by atoms with Gasteiger partial charge in [0.15, 0.2) is 0 Å². The number of likely N-dealkylation sites (tertiary alicyclic amines) is 1. The number of hydrogen-bond donors (Lipinski definition) is 6. The number of fused-ring (bicyclic) bond motifs is 1. The molecule has 3 heterocycles. The van der Waals surface area contributed by atoms with E-state index in [1.807, 2.05) is 4.90 Å². The second kappa shape index (κ2) is 8.07. The molecule has 28 heavy (non-hydrogen) atoms. The molecule has 0 aromatic heterocycles. The Labute approximate surface area is 175 Å². The molecule has 3 aliphatic heterocycles. The smallest absolute Gasteiger partial charge is 0.141 e. The lowest BCUT2D eigenvalue weighted by atomic mass is 9.78. The largest absolute Gasteiger partial charge is 0.390 e. The molecule has 0 aromatic carbocycles. The molecular formula is C18H32Cl2N4O4. The lowest BCUT2D eigenvalue weighted by Gasteiger charge is -2.39. The van der Waals surface area contributed by atoms with E-state index in [2.05, 4.69) is 10.6 Å². The fourth-order valence-corrected chi connectivity index (χ4v) is 5.96. The summed E-state index contributed by atoms with van der Waals surface area (Å²) in [6, 6.07) is 0. The van der Waals surface area contributed by atoms with Crippen LogP contribution in [0.3, 0.4) is 0 Å². The molecule has 4 aliphatic rings. The molecule has 162 valence electrons. The highest BCUT2D eigenvalue weighted by Gasteiger charge is 2.59. The van der Waals surface area contributed by atoms with Gasteiger partial charge in [-0.25, -0.2) is 0 Å². The van der Waals surface area contributed by atoms with Crippen LogP contribution in [0.1, 0.15) is 32.6 Å². The van der Waals surface area contributed by atoms with Crippen LogP contribution in [-0.4, -0.2) is 86.7 Å². The number of nitrogens with one attached hydrogen (secondary N) is 2. The van der Waals surface area contributed by atoms with Gasteiger partial charge >= 0.3 is 0 Å². The van der Waals surface area contributed by atoms with Crippen molar-refractivity contribution in [2.24, 2.45) is 17.6 Å². The number of nitrogens with two attached hydrogens (primary N) is 1. The number of alkyl halides is 2. The zero-order chi connectivity index (χ0) is 20.2. The summed E-state index contributed by atoms with van der Waals surface area (Å²) >= 11 is 12.5. The minimum Gasteiger partial charge on any atom is -0.390 e. The second-order valence-electron chi connectivity index (χ2n) is 8.96. The molecule has 3 saturated heterocycles. The van der Waals surface area contributed by atoms with E-state index in [4.69, 9.17) is 33.7 Å². The average molecular weight is 439 g/mol. The highest BCUT2D eigenvalue weighted by molar-refractivity contribution is 6.30. The van der Waals surface area contributed by atoms with Gasteiger partial charge in [-0.05, 0) is 38.5 Å². The second-order valence-corrected chi connectivity index (χ2v) is 10.1. The standard InChI is InChI=1S/C18H32Cl2N4O4/c1-18(27)13(26)17(24-5-4-9-15(21)22-7-23-16(9)24)28-14(18)12(25)8-2-3-10(19)11(20)6-8/h8-17,22-23,25-27H,2-7,21H2,1H3/t8?,9?,10?,11?,12-,13+,14-,15?,16?,17-,18+/m1/s1. The van der Waals surface area contributed by atoms with Crippen molar-refractivity contribution in [1.82, 2.24) is 15.5 Å². The molecule has 0 spiro atoms. The Balaban J connectivity index is 1.48. The SMILES string of the molecule is C[C@@]1(O)[C@@H]([C@H](O)C2CCC(Cl)C(Cl)C2)O[C@@H](N2CCC3C(N)NCNC32)[C@@H]1O. The molecule has 1 aliphatic carbocycles. The zero-order valence-electron chi connectivity index (χ0n) is 16.0. The van der Waals surface area contributed by atoms with Crippen molar-refractivity contribution in [3.05, 3.63) is 0 Å². The first-order valence-corrected chi connectivity index (χ1v) is 11.1. The number of halogens is 2. The van der Waals surface area contributed by atoms with Crippen molar-refractivity contribution in [1.29, 1.82) is 0 Å². The Hall–Kier alpha value is 0.260. The Morgan fingerprint density at radius 1 is 1.21 bits per heavy atom. The summed E-state index contributed by atoms with van der Waals surface area (Å²) in [6.07, 6.45) is -0.997. The molecule has 0 radical (unpaired) electrons. The average Bonchev–Trinajstić information content (AvgIpc) is 3.17. The quantitative estimate of drug-likeness (QED) is 0.319. The minimum absolute atomic E-state index is 0.0403. The van der Waals surface area contributed by atoms with Crippen molar-refractivity contribution in [2.75, 3.05) is 13.2 Å². The van der Waals surface area contributed by atoms with E-state index in [1.165, 1.54) is 6.92 Å². The summed E-state index contributed by atoms with van der Waals surface area (Å²) in [5.41, 5.74) is 4.60. The molecule has 4 rings (SSSR count). The van der Waals surface area contributed by atoms with Gasteiger partial charge in [-0.2, -0.15) is 0 Å². The number of hydrogen-bond acceptors (Lipinski definition) is 8. The third kappa shape index (κ3) is 3.60. The van der Waals surface area contributed by atoms with E-state index in [0.717, 1.165) is 6.42 Å². The maximum atomic E-state index is 11.0. The van der Waals surface area contributed by atoms with Gasteiger partial charge in [-0.15, -0.1) is 23.2 Å². The lowest BCUT2D eigenvalue weighted by molar-refractivity contribution is -0.146. The van der Waals surface area contributed by atoms with Crippen LogP contribution >= 0.6 is 23.2 Å². The third-order valence-corrected chi connectivity index (χ3v) is 8.31. The predicted octanol–water partition coefficient (Wildman–Crippen LogP) is -0.718. The van der Waals surface area contributed by atoms with Crippen molar-refractivity contribution >= 4 is 23.2 Å². The molecule has 4 fully saturated rings.